The second-order valence-electron chi connectivity index (χ2n) is 32.6. The molecule has 0 aliphatic carbocycles. The van der Waals surface area contributed by atoms with Gasteiger partial charge in [-0.2, -0.15) is 0 Å². The van der Waals surface area contributed by atoms with Crippen molar-refractivity contribution in [2.45, 2.75) is 399 Å². The van der Waals surface area contributed by atoms with Gasteiger partial charge in [-0.3, -0.25) is 9.59 Å². The molecule has 0 amide bonds. The third-order valence-electron chi connectivity index (χ3n) is 26.9. The van der Waals surface area contributed by atoms with Crippen LogP contribution in [0.2, 0.25) is 48.4 Å². The van der Waals surface area contributed by atoms with Crippen LogP contribution in [-0.4, -0.2) is 202 Å². The molecule has 1 unspecified atom stereocenters. The van der Waals surface area contributed by atoms with Crippen molar-refractivity contribution in [1.82, 2.24) is 0 Å². The second kappa shape index (κ2) is 28.6. The highest BCUT2D eigenvalue weighted by atomic mass is 28.4. The van der Waals surface area contributed by atoms with Gasteiger partial charge in [-0.05, 0) is 122 Å². The number of Topliss-reactive ketones (excluding diaryl/α,β-unsaturated/α-hetero) is 1. The number of fused-ring (bicyclic) bond motifs is 9. The lowest BCUT2D eigenvalue weighted by Gasteiger charge is -2.57. The number of ketones is 1. The van der Waals surface area contributed by atoms with E-state index in [-0.39, 0.29) is 140 Å². The van der Waals surface area contributed by atoms with Crippen molar-refractivity contribution in [2.75, 3.05) is 6.61 Å². The topological polar surface area (TPSA) is 191 Å². The Morgan fingerprint density at radius 1 is 0.521 bits per heavy atom. The average molecular weight is 1400 g/mol. The molecule has 0 aromatic rings. The molecule has 15 aliphatic heterocycles. The van der Waals surface area contributed by atoms with Gasteiger partial charge >= 0.3 is 14.5 Å². The molecule has 22 heteroatoms. The van der Waals surface area contributed by atoms with Crippen LogP contribution in [0.3, 0.4) is 0 Å². The first-order valence-electron chi connectivity index (χ1n) is 38.8. The number of hydrogen-bond acceptors (Lipinski definition) is 19. The molecule has 15 rings (SSSR count). The second-order valence-corrected chi connectivity index (χ2v) is 45.8. The molecule has 15 saturated heterocycles. The SMILES string of the molecule is C=C1C[C@@H]2CC[C@@]34C[C@H]5O[C@H]6C(O3)[C@H]3O[C@H](CC[C@@H]3O[C@H]6[C@H]5O4)CC(=O)O[C@@H]3[C@@H](C)[C@@H]4O[C@H](CC(=O)C[C@@H]5O[C@]6(C[C@H](C)[C@@H]7O[C@@H]8CO[Si](CC)(CC)O[C@@H]8C[C@@H]7O6)C[C@H](C)[C@@H]5O[Si](CC)(CC)CC)[C@H](O[Si](CC)(CC)CC)C[C@@H]4O[C@H]3C[C@H]3O[C@@H](CC[C@@H]1O2)C[C@@H](C)C3=C. The maximum atomic E-state index is 15.6. The molecule has 19 nitrogen and oxygen atoms in total. The number of carbonyl (C=O) groups excluding carboxylic acids is 2. The van der Waals surface area contributed by atoms with E-state index in [0.29, 0.717) is 58.0 Å². The van der Waals surface area contributed by atoms with Crippen molar-refractivity contribution in [3.05, 3.63) is 24.3 Å². The van der Waals surface area contributed by atoms with Crippen molar-refractivity contribution in [3.8, 4) is 0 Å². The Labute approximate surface area is 576 Å². The number of ether oxygens (including phenoxy) is 13. The van der Waals surface area contributed by atoms with E-state index >= 15 is 4.79 Å². The van der Waals surface area contributed by atoms with Gasteiger partial charge < -0.3 is 79.3 Å². The number of rotatable bonds is 16. The average Bonchev–Trinajstić information content (AvgIpc) is 1.49. The van der Waals surface area contributed by atoms with Gasteiger partial charge in [-0.1, -0.05) is 96.2 Å². The molecule has 0 aromatic carbocycles. The van der Waals surface area contributed by atoms with Gasteiger partial charge in [0.15, 0.2) is 28.2 Å². The highest BCUT2D eigenvalue weighted by Crippen LogP contribution is 2.56. The Morgan fingerprint density at radius 2 is 1.18 bits per heavy atom. The predicted molar refractivity (Wildman–Crippen MR) is 364 cm³/mol. The minimum Gasteiger partial charge on any atom is -0.459 e. The zero-order chi connectivity index (χ0) is 67.4. The number of esters is 1. The lowest BCUT2D eigenvalue weighted by Crippen LogP contribution is -2.67. The van der Waals surface area contributed by atoms with E-state index in [1.165, 1.54) is 0 Å². The highest BCUT2D eigenvalue weighted by molar-refractivity contribution is 6.74. The fraction of sp³-hybridized carbons (Fsp3) is 0.919. The van der Waals surface area contributed by atoms with Crippen LogP contribution in [0.25, 0.3) is 0 Å². The van der Waals surface area contributed by atoms with Crippen molar-refractivity contribution in [2.24, 2.45) is 23.7 Å². The van der Waals surface area contributed by atoms with E-state index in [4.69, 9.17) is 79.3 Å². The van der Waals surface area contributed by atoms with Gasteiger partial charge in [0, 0.05) is 63.7 Å². The Bertz CT molecular complexity index is 2750. The summed E-state index contributed by atoms with van der Waals surface area (Å²) < 4.78 is 121. The molecule has 2 spiro atoms. The monoisotopic (exact) mass is 1400 g/mol. The maximum Gasteiger partial charge on any atom is 0.338 e. The maximum absolute atomic E-state index is 15.6. The fourth-order valence-corrected chi connectivity index (χ4v) is 29.2. The molecule has 12 bridgehead atoms. The van der Waals surface area contributed by atoms with Crippen LogP contribution < -0.4 is 0 Å². The number of carbonyl (C=O) groups is 2. The first-order valence-corrected chi connectivity index (χ1v) is 46.1. The molecule has 0 saturated carbocycles. The van der Waals surface area contributed by atoms with Crippen LogP contribution in [0, 0.1) is 23.7 Å². The van der Waals surface area contributed by atoms with E-state index < -0.39 is 97.8 Å². The van der Waals surface area contributed by atoms with Gasteiger partial charge in [0.05, 0.1) is 117 Å². The summed E-state index contributed by atoms with van der Waals surface area (Å²) >= 11 is 0. The van der Waals surface area contributed by atoms with E-state index in [1.54, 1.807) is 0 Å². The Hall–Kier alpha value is -1.37. The lowest BCUT2D eigenvalue weighted by molar-refractivity contribution is -0.375. The molecule has 96 heavy (non-hydrogen) atoms. The molecule has 0 aromatic heterocycles. The molecule has 0 N–H and O–H groups in total. The van der Waals surface area contributed by atoms with Crippen molar-refractivity contribution in [1.29, 1.82) is 0 Å². The van der Waals surface area contributed by atoms with Crippen LogP contribution in [0.15, 0.2) is 24.3 Å². The Balaban J connectivity index is 0.734. The van der Waals surface area contributed by atoms with Crippen molar-refractivity contribution in [3.63, 3.8) is 0 Å². The molecule has 30 atom stereocenters. The van der Waals surface area contributed by atoms with Crippen molar-refractivity contribution >= 4 is 36.9 Å². The van der Waals surface area contributed by atoms with Crippen LogP contribution in [-0.2, 0) is 88.9 Å². The first-order chi connectivity index (χ1) is 46.1. The highest BCUT2D eigenvalue weighted by Gasteiger charge is 2.69. The van der Waals surface area contributed by atoms with Crippen LogP contribution in [0.5, 0.6) is 0 Å². The van der Waals surface area contributed by atoms with E-state index in [0.717, 1.165) is 98.0 Å². The van der Waals surface area contributed by atoms with Gasteiger partial charge in [-0.25, -0.2) is 0 Å². The predicted octanol–water partition coefficient (Wildman–Crippen LogP) is 12.6. The summed E-state index contributed by atoms with van der Waals surface area (Å²) in [6.07, 6.45) is 2.35. The molecule has 15 aliphatic rings. The number of hydrogen-bond donors (Lipinski definition) is 0. The lowest BCUT2D eigenvalue weighted by atomic mass is 9.77. The van der Waals surface area contributed by atoms with Crippen LogP contribution in [0.4, 0.5) is 0 Å². The molecule has 542 valence electrons. The summed E-state index contributed by atoms with van der Waals surface area (Å²) in [5.41, 5.74) is 2.15. The summed E-state index contributed by atoms with van der Waals surface area (Å²) in [6.45, 7) is 36.6. The van der Waals surface area contributed by atoms with E-state index in [2.05, 4.69) is 96.2 Å². The summed E-state index contributed by atoms with van der Waals surface area (Å²) in [7, 11) is -6.87. The van der Waals surface area contributed by atoms with Crippen LogP contribution >= 0.6 is 0 Å². The molecular formula is C74H120O19Si3. The minimum atomic E-state index is -2.35. The zero-order valence-corrected chi connectivity index (χ0v) is 63.2. The third-order valence-corrected chi connectivity index (χ3v) is 39.8. The quantitative estimate of drug-likeness (QED) is 0.0804. The smallest absolute Gasteiger partial charge is 0.338 e. The fourth-order valence-electron chi connectivity index (χ4n) is 20.7. The Morgan fingerprint density at radius 3 is 1.93 bits per heavy atom. The van der Waals surface area contributed by atoms with Gasteiger partial charge in [0.2, 0.25) is 0 Å². The standard InChI is InChI=1S/C74H120O19Si3/c1-15-94(16-2,17-3)91-55-35-58-66(83-54(55)31-47(75)32-59-65(93-95(18-4,19-5)20-6)44(12)38-74(87-59)37-43(11)64-60(88-74)36-56-62(85-64)40-77-96(21-7,22-8)92-56)46(14)67-57(81-58)34-53-45(13)41(9)29-48(79-53)23-25-51-42(10)30-50(78-51)27-28-73-39-61-69(89-73)70-71(84-61)72(90-73)68-52(82-70)26-24-49(80-68)33-63(76)86-67/h41,43-44,46,48-62,64-72H,10,13,15-40H2,1-9,11-12,14H3/t41-,43+,44+,46+,48+,49-,50+,51+,52+,53-,54-,55-,56-,57+,58+,59+,60+,61-,62-,64+,65+,66+,67-,68+,69+,70+,71-,72?,73+,74+/m1/s1. The summed E-state index contributed by atoms with van der Waals surface area (Å²) in [5.74, 6) is -2.08. The Kier molecular flexibility index (Phi) is 21.3. The van der Waals surface area contributed by atoms with Gasteiger partial charge in [-0.15, -0.1) is 0 Å². The van der Waals surface area contributed by atoms with Gasteiger partial charge in [0.25, 0.3) is 0 Å². The third kappa shape index (κ3) is 13.7. The first kappa shape index (κ1) is 71.6. The normalized spacial score (nSPS) is 48.4. The molecule has 15 heterocycles. The zero-order valence-electron chi connectivity index (χ0n) is 60.2. The van der Waals surface area contributed by atoms with Gasteiger partial charge in [0.1, 0.15) is 48.5 Å². The largest absolute Gasteiger partial charge is 0.459 e. The molecular weight excluding hydrogens is 1280 g/mol. The molecule has 0 radical (unpaired) electrons. The van der Waals surface area contributed by atoms with E-state index in [9.17, 15) is 4.79 Å². The summed E-state index contributed by atoms with van der Waals surface area (Å²) in [6, 6.07) is 7.52. The summed E-state index contributed by atoms with van der Waals surface area (Å²) in [4.78, 5) is 30.6. The van der Waals surface area contributed by atoms with Crippen LogP contribution in [0.1, 0.15) is 192 Å². The summed E-state index contributed by atoms with van der Waals surface area (Å²) in [5, 5.41) is 0. The molecule has 15 fully saturated rings. The minimum absolute atomic E-state index is 0.00281. The van der Waals surface area contributed by atoms with E-state index in [1.807, 2.05) is 0 Å². The van der Waals surface area contributed by atoms with Crippen molar-refractivity contribution < 1.29 is 88.9 Å².